The van der Waals surface area contributed by atoms with Crippen molar-refractivity contribution >= 4 is 28.8 Å². The van der Waals surface area contributed by atoms with E-state index in [1.54, 1.807) is 43.9 Å². The van der Waals surface area contributed by atoms with E-state index < -0.39 is 0 Å². The van der Waals surface area contributed by atoms with E-state index in [0.717, 1.165) is 0 Å². The van der Waals surface area contributed by atoms with Crippen LogP contribution in [0.15, 0.2) is 35.0 Å². The van der Waals surface area contributed by atoms with Crippen LogP contribution in [0.1, 0.15) is 23.2 Å². The first kappa shape index (κ1) is 17.8. The Hall–Kier alpha value is -2.54. The lowest BCUT2D eigenvalue weighted by molar-refractivity contribution is -0.116. The van der Waals surface area contributed by atoms with Gasteiger partial charge in [-0.05, 0) is 17.9 Å². The maximum Gasteiger partial charge on any atom is 0.252 e. The summed E-state index contributed by atoms with van der Waals surface area (Å²) in [5.74, 6) is 0.963. The van der Waals surface area contributed by atoms with Crippen LogP contribution < -0.4 is 20.1 Å². The molecule has 0 unspecified atom stereocenters. The second kappa shape index (κ2) is 8.93. The van der Waals surface area contributed by atoms with Gasteiger partial charge in [-0.2, -0.15) is 11.3 Å². The fourth-order valence-corrected chi connectivity index (χ4v) is 2.69. The van der Waals surface area contributed by atoms with Gasteiger partial charge < -0.3 is 20.1 Å². The first-order valence-corrected chi connectivity index (χ1v) is 8.40. The van der Waals surface area contributed by atoms with Gasteiger partial charge in [-0.1, -0.05) is 0 Å². The highest BCUT2D eigenvalue weighted by molar-refractivity contribution is 7.08. The van der Waals surface area contributed by atoms with Gasteiger partial charge >= 0.3 is 0 Å². The Morgan fingerprint density at radius 1 is 1.12 bits per heavy atom. The van der Waals surface area contributed by atoms with Crippen LogP contribution in [0.3, 0.4) is 0 Å². The molecule has 2 rings (SSSR count). The molecule has 6 nitrogen and oxygen atoms in total. The first-order chi connectivity index (χ1) is 11.6. The molecule has 0 aliphatic heterocycles. The molecular formula is C17H20N2O4S. The van der Waals surface area contributed by atoms with Gasteiger partial charge in [-0.25, -0.2) is 0 Å². The number of benzene rings is 1. The van der Waals surface area contributed by atoms with Crippen molar-refractivity contribution < 1.29 is 19.1 Å². The molecule has 0 spiro atoms. The van der Waals surface area contributed by atoms with Gasteiger partial charge in [-0.3, -0.25) is 9.59 Å². The quantitative estimate of drug-likeness (QED) is 0.719. The number of methoxy groups -OCH3 is 2. The van der Waals surface area contributed by atoms with Gasteiger partial charge in [0.25, 0.3) is 5.91 Å². The highest BCUT2D eigenvalue weighted by atomic mass is 32.1. The standard InChI is InChI=1S/C17H20N2O4S/c1-22-14-8-13(9-15(10-14)23-2)19-16(20)4-3-6-18-17(21)12-5-7-24-11-12/h5,7-11H,3-4,6H2,1-2H3,(H,18,21)(H,19,20). The van der Waals surface area contributed by atoms with E-state index in [1.807, 2.05) is 5.38 Å². The highest BCUT2D eigenvalue weighted by Gasteiger charge is 2.08. The number of rotatable bonds is 8. The highest BCUT2D eigenvalue weighted by Crippen LogP contribution is 2.25. The number of anilines is 1. The van der Waals surface area contributed by atoms with Crippen molar-refractivity contribution in [2.45, 2.75) is 12.8 Å². The van der Waals surface area contributed by atoms with Crippen LogP contribution >= 0.6 is 11.3 Å². The molecule has 0 saturated heterocycles. The summed E-state index contributed by atoms with van der Waals surface area (Å²) in [5.41, 5.74) is 1.26. The largest absolute Gasteiger partial charge is 0.497 e. The average Bonchev–Trinajstić information content (AvgIpc) is 3.12. The van der Waals surface area contributed by atoms with Crippen molar-refractivity contribution in [3.8, 4) is 11.5 Å². The molecule has 0 atom stereocenters. The molecule has 0 fully saturated rings. The first-order valence-electron chi connectivity index (χ1n) is 7.45. The van der Waals surface area contributed by atoms with Crippen LogP contribution in [0.25, 0.3) is 0 Å². The fraction of sp³-hybridized carbons (Fsp3) is 0.294. The Labute approximate surface area is 144 Å². The Morgan fingerprint density at radius 2 is 1.83 bits per heavy atom. The van der Waals surface area contributed by atoms with Gasteiger partial charge in [0.15, 0.2) is 0 Å². The van der Waals surface area contributed by atoms with Crippen LogP contribution in [-0.2, 0) is 4.79 Å². The van der Waals surface area contributed by atoms with Crippen LogP contribution in [0.5, 0.6) is 11.5 Å². The Kier molecular flexibility index (Phi) is 6.62. The van der Waals surface area contributed by atoms with Crippen molar-refractivity contribution in [3.05, 3.63) is 40.6 Å². The summed E-state index contributed by atoms with van der Waals surface area (Å²) in [7, 11) is 3.10. The predicted octanol–water partition coefficient (Wildman–Crippen LogP) is 2.91. The monoisotopic (exact) mass is 348 g/mol. The second-order valence-corrected chi connectivity index (χ2v) is 5.80. The molecule has 1 heterocycles. The lowest BCUT2D eigenvalue weighted by Gasteiger charge is -2.10. The minimum Gasteiger partial charge on any atom is -0.497 e. The summed E-state index contributed by atoms with van der Waals surface area (Å²) in [4.78, 5) is 23.7. The number of hydrogen-bond acceptors (Lipinski definition) is 5. The molecule has 7 heteroatoms. The number of ether oxygens (including phenoxy) is 2. The van der Waals surface area contributed by atoms with Gasteiger partial charge in [0.1, 0.15) is 11.5 Å². The summed E-state index contributed by atoms with van der Waals surface area (Å²) in [6, 6.07) is 6.94. The molecule has 0 bridgehead atoms. The zero-order chi connectivity index (χ0) is 17.4. The molecule has 2 N–H and O–H groups in total. The lowest BCUT2D eigenvalue weighted by atomic mass is 10.2. The van der Waals surface area contributed by atoms with Gasteiger partial charge in [0.2, 0.25) is 5.91 Å². The summed E-state index contributed by atoms with van der Waals surface area (Å²) in [6.45, 7) is 0.448. The molecule has 1 aromatic heterocycles. The molecule has 24 heavy (non-hydrogen) atoms. The third kappa shape index (κ3) is 5.27. The minimum atomic E-state index is -0.130. The van der Waals surface area contributed by atoms with Crippen molar-refractivity contribution in [3.63, 3.8) is 0 Å². The second-order valence-electron chi connectivity index (χ2n) is 5.02. The number of carbonyl (C=O) groups is 2. The Morgan fingerprint density at radius 3 is 2.42 bits per heavy atom. The van der Waals surface area contributed by atoms with Crippen LogP contribution in [-0.4, -0.2) is 32.6 Å². The molecule has 2 aromatic rings. The third-order valence-corrected chi connectivity index (χ3v) is 3.97. The topological polar surface area (TPSA) is 76.7 Å². The summed E-state index contributed by atoms with van der Waals surface area (Å²) in [5, 5.41) is 9.23. The van der Waals surface area contributed by atoms with E-state index in [9.17, 15) is 9.59 Å². The van der Waals surface area contributed by atoms with Crippen molar-refractivity contribution in [1.29, 1.82) is 0 Å². The normalized spacial score (nSPS) is 10.1. The zero-order valence-electron chi connectivity index (χ0n) is 13.6. The molecule has 128 valence electrons. The maximum absolute atomic E-state index is 12.0. The van der Waals surface area contributed by atoms with Gasteiger partial charge in [0.05, 0.1) is 14.2 Å². The molecular weight excluding hydrogens is 328 g/mol. The zero-order valence-corrected chi connectivity index (χ0v) is 14.4. The number of nitrogens with one attached hydrogen (secondary N) is 2. The van der Waals surface area contributed by atoms with Gasteiger partial charge in [-0.15, -0.1) is 0 Å². The van der Waals surface area contributed by atoms with Crippen LogP contribution in [0.4, 0.5) is 5.69 Å². The lowest BCUT2D eigenvalue weighted by Crippen LogP contribution is -2.25. The Balaban J connectivity index is 1.76. The summed E-state index contributed by atoms with van der Waals surface area (Å²) >= 11 is 1.47. The molecule has 2 amide bonds. The predicted molar refractivity (Wildman–Crippen MR) is 94.1 cm³/mol. The van der Waals surface area contributed by atoms with E-state index in [2.05, 4.69) is 10.6 Å². The summed E-state index contributed by atoms with van der Waals surface area (Å²) in [6.07, 6.45) is 0.867. The maximum atomic E-state index is 12.0. The van der Waals surface area contributed by atoms with Crippen LogP contribution in [0.2, 0.25) is 0 Å². The van der Waals surface area contributed by atoms with E-state index in [0.29, 0.717) is 42.1 Å². The van der Waals surface area contributed by atoms with Crippen LogP contribution in [0, 0.1) is 0 Å². The van der Waals surface area contributed by atoms with Crippen molar-refractivity contribution in [2.24, 2.45) is 0 Å². The number of carbonyl (C=O) groups excluding carboxylic acids is 2. The van der Waals surface area contributed by atoms with E-state index in [-0.39, 0.29) is 11.8 Å². The SMILES string of the molecule is COc1cc(NC(=O)CCCNC(=O)c2ccsc2)cc(OC)c1. The average molecular weight is 348 g/mol. The minimum absolute atomic E-state index is 0.116. The van der Waals surface area contributed by atoms with E-state index in [1.165, 1.54) is 11.3 Å². The number of thiophene rings is 1. The summed E-state index contributed by atoms with van der Waals surface area (Å²) < 4.78 is 10.3. The van der Waals surface area contributed by atoms with Gasteiger partial charge in [0, 0.05) is 47.8 Å². The molecule has 0 aliphatic rings. The smallest absolute Gasteiger partial charge is 0.252 e. The number of amides is 2. The molecule has 1 aromatic carbocycles. The van der Waals surface area contributed by atoms with E-state index in [4.69, 9.17) is 9.47 Å². The molecule has 0 radical (unpaired) electrons. The van der Waals surface area contributed by atoms with Crippen molar-refractivity contribution in [2.75, 3.05) is 26.1 Å². The number of hydrogen-bond donors (Lipinski definition) is 2. The Bertz CT molecular complexity index is 664. The molecule has 0 saturated carbocycles. The fourth-order valence-electron chi connectivity index (χ4n) is 2.05. The molecule has 0 aliphatic carbocycles. The van der Waals surface area contributed by atoms with E-state index >= 15 is 0 Å². The van der Waals surface area contributed by atoms with Crippen molar-refractivity contribution in [1.82, 2.24) is 5.32 Å². The third-order valence-electron chi connectivity index (χ3n) is 3.28.